The van der Waals surface area contributed by atoms with Gasteiger partial charge in [0.25, 0.3) is 0 Å². The number of anilines is 2. The second-order valence-electron chi connectivity index (χ2n) is 3.94. The molecule has 6 heteroatoms. The molecule has 0 aliphatic heterocycles. The van der Waals surface area contributed by atoms with Crippen molar-refractivity contribution in [2.24, 2.45) is 5.10 Å². The summed E-state index contributed by atoms with van der Waals surface area (Å²) in [5.41, 5.74) is 11.2. The van der Waals surface area contributed by atoms with Crippen LogP contribution in [0.25, 0.3) is 0 Å². The van der Waals surface area contributed by atoms with Gasteiger partial charge in [-0.25, -0.2) is 4.98 Å². The zero-order valence-corrected chi connectivity index (χ0v) is 11.0. The van der Waals surface area contributed by atoms with Crippen molar-refractivity contribution in [3.8, 4) is 5.75 Å². The number of nitrogens with two attached hydrogens (primary N) is 1. The monoisotopic (exact) mass is 262 g/mol. The van der Waals surface area contributed by atoms with Crippen LogP contribution in [0.15, 0.2) is 22.6 Å². The van der Waals surface area contributed by atoms with Gasteiger partial charge in [0, 0.05) is 10.9 Å². The predicted octanol–water partition coefficient (Wildman–Crippen LogP) is 2.49. The lowest BCUT2D eigenvalue weighted by molar-refractivity contribution is 0.474. The lowest BCUT2D eigenvalue weighted by Gasteiger charge is -2.05. The minimum Gasteiger partial charge on any atom is -0.508 e. The fraction of sp³-hybridized carbons (Fsp3) is 0.167. The van der Waals surface area contributed by atoms with Gasteiger partial charge < -0.3 is 10.8 Å². The molecule has 0 aliphatic carbocycles. The summed E-state index contributed by atoms with van der Waals surface area (Å²) in [7, 11) is 0. The van der Waals surface area contributed by atoms with Crippen molar-refractivity contribution in [2.75, 3.05) is 11.2 Å². The highest BCUT2D eigenvalue weighted by Crippen LogP contribution is 2.20. The maximum absolute atomic E-state index is 9.44. The number of hydrazone groups is 1. The summed E-state index contributed by atoms with van der Waals surface area (Å²) in [5.74, 6) is 0.748. The van der Waals surface area contributed by atoms with Gasteiger partial charge in [-0.2, -0.15) is 5.10 Å². The van der Waals surface area contributed by atoms with Crippen LogP contribution in [-0.2, 0) is 0 Å². The zero-order chi connectivity index (χ0) is 13.1. The van der Waals surface area contributed by atoms with Gasteiger partial charge in [0.05, 0.1) is 6.21 Å². The number of aromatic nitrogens is 1. The van der Waals surface area contributed by atoms with E-state index in [4.69, 9.17) is 5.73 Å². The molecule has 0 radical (unpaired) electrons. The molecule has 2 rings (SSSR count). The fourth-order valence-corrected chi connectivity index (χ4v) is 2.19. The van der Waals surface area contributed by atoms with Gasteiger partial charge in [-0.05, 0) is 37.1 Å². The molecule has 1 aromatic heterocycles. The van der Waals surface area contributed by atoms with Crippen LogP contribution in [0.3, 0.4) is 0 Å². The first-order valence-corrected chi connectivity index (χ1v) is 6.24. The molecule has 0 bridgehead atoms. The number of phenolic OH excluding ortho intramolecular Hbond substituents is 1. The van der Waals surface area contributed by atoms with Crippen LogP contribution in [0.1, 0.15) is 16.7 Å². The van der Waals surface area contributed by atoms with E-state index >= 15 is 0 Å². The first kappa shape index (κ1) is 12.4. The second kappa shape index (κ2) is 5.05. The topological polar surface area (TPSA) is 83.5 Å². The molecular weight excluding hydrogens is 248 g/mol. The van der Waals surface area contributed by atoms with E-state index in [0.717, 1.165) is 16.7 Å². The Morgan fingerprint density at radius 2 is 2.06 bits per heavy atom. The van der Waals surface area contributed by atoms with Crippen molar-refractivity contribution >= 4 is 28.5 Å². The normalized spacial score (nSPS) is 11.0. The molecule has 4 N–H and O–H groups in total. The number of hydrogen-bond donors (Lipinski definition) is 3. The van der Waals surface area contributed by atoms with Gasteiger partial charge in [-0.15, -0.1) is 11.3 Å². The number of rotatable bonds is 3. The first-order valence-electron chi connectivity index (χ1n) is 5.36. The average Bonchev–Trinajstić information content (AvgIpc) is 2.68. The fourth-order valence-electron chi connectivity index (χ4n) is 1.65. The molecule has 18 heavy (non-hydrogen) atoms. The number of benzene rings is 1. The number of thiazole rings is 1. The summed E-state index contributed by atoms with van der Waals surface area (Å²) in [6.07, 6.45) is 1.71. The molecule has 0 aliphatic rings. The third kappa shape index (κ3) is 2.78. The number of aryl methyl sites for hydroxylation is 2. The summed E-state index contributed by atoms with van der Waals surface area (Å²) in [4.78, 5) is 4.03. The van der Waals surface area contributed by atoms with Gasteiger partial charge in [0.15, 0.2) is 0 Å². The molecule has 0 fully saturated rings. The molecule has 0 atom stereocenters. The molecule has 94 valence electrons. The van der Waals surface area contributed by atoms with E-state index < -0.39 is 0 Å². The van der Waals surface area contributed by atoms with E-state index in [1.165, 1.54) is 11.3 Å². The highest BCUT2D eigenvalue weighted by Gasteiger charge is 2.02. The summed E-state index contributed by atoms with van der Waals surface area (Å²) in [6, 6.07) is 3.41. The summed E-state index contributed by atoms with van der Waals surface area (Å²) >= 11 is 1.39. The second-order valence-corrected chi connectivity index (χ2v) is 4.80. The molecule has 0 spiro atoms. The maximum Gasteiger partial charge on any atom is 0.205 e. The third-order valence-electron chi connectivity index (χ3n) is 2.45. The molecule has 0 amide bonds. The Kier molecular flexibility index (Phi) is 3.47. The van der Waals surface area contributed by atoms with Crippen molar-refractivity contribution in [3.05, 3.63) is 34.2 Å². The van der Waals surface area contributed by atoms with Gasteiger partial charge >= 0.3 is 0 Å². The highest BCUT2D eigenvalue weighted by atomic mass is 32.1. The van der Waals surface area contributed by atoms with Crippen LogP contribution in [0.5, 0.6) is 5.75 Å². The Hall–Kier alpha value is -2.08. The Morgan fingerprint density at radius 1 is 1.39 bits per heavy atom. The van der Waals surface area contributed by atoms with E-state index in [1.54, 1.807) is 23.7 Å². The number of nitrogens with zero attached hydrogens (tertiary/aromatic N) is 2. The van der Waals surface area contributed by atoms with Crippen LogP contribution >= 0.6 is 11.3 Å². The standard InChI is InChI=1S/C12H14N4OS/c1-7-3-9(17)4-8(2)10(7)5-14-16-12-15-11(13)6-18-12/h3-6,17H,13H2,1-2H3,(H,15,16). The van der Waals surface area contributed by atoms with Gasteiger partial charge in [0.1, 0.15) is 11.6 Å². The van der Waals surface area contributed by atoms with E-state index in [2.05, 4.69) is 15.5 Å². The lowest BCUT2D eigenvalue weighted by Crippen LogP contribution is -1.95. The Morgan fingerprint density at radius 3 is 2.61 bits per heavy atom. The van der Waals surface area contributed by atoms with Crippen LogP contribution in [0.4, 0.5) is 10.9 Å². The summed E-state index contributed by atoms with van der Waals surface area (Å²) in [6.45, 7) is 3.85. The Balaban J connectivity index is 2.14. The predicted molar refractivity (Wildman–Crippen MR) is 75.3 cm³/mol. The van der Waals surface area contributed by atoms with Crippen molar-refractivity contribution in [1.29, 1.82) is 0 Å². The maximum atomic E-state index is 9.44. The van der Waals surface area contributed by atoms with E-state index in [9.17, 15) is 5.11 Å². The number of aromatic hydroxyl groups is 1. The largest absolute Gasteiger partial charge is 0.508 e. The first-order chi connectivity index (χ1) is 8.56. The van der Waals surface area contributed by atoms with E-state index in [-0.39, 0.29) is 5.75 Å². The smallest absolute Gasteiger partial charge is 0.205 e. The van der Waals surface area contributed by atoms with Crippen molar-refractivity contribution in [3.63, 3.8) is 0 Å². The van der Waals surface area contributed by atoms with E-state index in [1.807, 2.05) is 13.8 Å². The molecule has 5 nitrogen and oxygen atoms in total. The Bertz CT molecular complexity index is 569. The zero-order valence-electron chi connectivity index (χ0n) is 10.1. The Labute approximate surface area is 109 Å². The number of hydrogen-bond acceptors (Lipinski definition) is 6. The van der Waals surface area contributed by atoms with Crippen molar-refractivity contribution in [1.82, 2.24) is 4.98 Å². The minimum atomic E-state index is 0.266. The quantitative estimate of drug-likeness (QED) is 0.586. The molecular formula is C12H14N4OS. The van der Waals surface area contributed by atoms with Gasteiger partial charge in [0.2, 0.25) is 5.13 Å². The lowest BCUT2D eigenvalue weighted by atomic mass is 10.0. The molecule has 2 aromatic rings. The third-order valence-corrected chi connectivity index (χ3v) is 3.22. The number of nitrogens with one attached hydrogen (secondary N) is 1. The average molecular weight is 262 g/mol. The molecule has 1 heterocycles. The molecule has 0 unspecified atom stereocenters. The molecule has 0 saturated carbocycles. The SMILES string of the molecule is Cc1cc(O)cc(C)c1C=NNc1nc(N)cs1. The van der Waals surface area contributed by atoms with Crippen LogP contribution in [-0.4, -0.2) is 16.3 Å². The molecule has 1 aromatic carbocycles. The van der Waals surface area contributed by atoms with Crippen molar-refractivity contribution < 1.29 is 5.11 Å². The van der Waals surface area contributed by atoms with Crippen LogP contribution in [0.2, 0.25) is 0 Å². The molecule has 0 saturated heterocycles. The number of phenols is 1. The minimum absolute atomic E-state index is 0.266. The van der Waals surface area contributed by atoms with Crippen LogP contribution in [0, 0.1) is 13.8 Å². The number of nitrogen functional groups attached to an aromatic ring is 1. The van der Waals surface area contributed by atoms with Crippen LogP contribution < -0.4 is 11.2 Å². The van der Waals surface area contributed by atoms with Gasteiger partial charge in [-0.1, -0.05) is 0 Å². The van der Waals surface area contributed by atoms with Crippen molar-refractivity contribution in [2.45, 2.75) is 13.8 Å². The summed E-state index contributed by atoms with van der Waals surface area (Å²) in [5, 5.41) is 16.0. The highest BCUT2D eigenvalue weighted by molar-refractivity contribution is 7.14. The van der Waals surface area contributed by atoms with Gasteiger partial charge in [-0.3, -0.25) is 5.43 Å². The summed E-state index contributed by atoms with van der Waals surface area (Å²) < 4.78 is 0. The van der Waals surface area contributed by atoms with E-state index in [0.29, 0.717) is 10.9 Å².